The first-order chi connectivity index (χ1) is 9.60. The molecule has 116 valence electrons. The van der Waals surface area contributed by atoms with Crippen molar-refractivity contribution in [1.82, 2.24) is 5.32 Å². The molecule has 7 heteroatoms. The number of esters is 1. The van der Waals surface area contributed by atoms with E-state index < -0.39 is 31.2 Å². The molecule has 0 saturated heterocycles. The maximum absolute atomic E-state index is 11.9. The molecule has 0 atom stereocenters. The molecule has 0 bridgehead atoms. The molecule has 1 N–H and O–H groups in total. The standard InChI is InChI=1S/C14H16F3NO3/c1-8-4-9(2)12(10(3)5-8)13(20)21-6-11(19)18-7-14(15,16)17/h4-5H,6-7H2,1-3H3,(H,18,19). The number of hydrogen-bond donors (Lipinski definition) is 1. The Morgan fingerprint density at radius 3 is 2.14 bits per heavy atom. The van der Waals surface area contributed by atoms with Gasteiger partial charge in [-0.15, -0.1) is 0 Å². The lowest BCUT2D eigenvalue weighted by atomic mass is 10.00. The lowest BCUT2D eigenvalue weighted by Gasteiger charge is -2.11. The fourth-order valence-corrected chi connectivity index (χ4v) is 1.96. The molecule has 0 aliphatic rings. The Bertz CT molecular complexity index is 530. The maximum atomic E-state index is 11.9. The van der Waals surface area contributed by atoms with Crippen molar-refractivity contribution in [2.45, 2.75) is 26.9 Å². The summed E-state index contributed by atoms with van der Waals surface area (Å²) in [5, 5.41) is 1.63. The van der Waals surface area contributed by atoms with E-state index in [2.05, 4.69) is 0 Å². The predicted molar refractivity (Wildman–Crippen MR) is 70.0 cm³/mol. The summed E-state index contributed by atoms with van der Waals surface area (Å²) >= 11 is 0. The van der Waals surface area contributed by atoms with Gasteiger partial charge in [0.15, 0.2) is 6.61 Å². The molecule has 21 heavy (non-hydrogen) atoms. The molecule has 0 aliphatic heterocycles. The molecule has 1 aromatic carbocycles. The number of nitrogens with one attached hydrogen (secondary N) is 1. The van der Waals surface area contributed by atoms with Gasteiger partial charge in [0.25, 0.3) is 5.91 Å². The van der Waals surface area contributed by atoms with Crippen molar-refractivity contribution in [1.29, 1.82) is 0 Å². The highest BCUT2D eigenvalue weighted by molar-refractivity contribution is 5.94. The number of hydrogen-bond acceptors (Lipinski definition) is 3. The summed E-state index contributed by atoms with van der Waals surface area (Å²) in [6, 6.07) is 3.57. The van der Waals surface area contributed by atoms with Crippen molar-refractivity contribution in [2.75, 3.05) is 13.2 Å². The van der Waals surface area contributed by atoms with E-state index in [4.69, 9.17) is 4.74 Å². The Hall–Kier alpha value is -2.05. The van der Waals surface area contributed by atoms with E-state index in [0.717, 1.165) is 5.56 Å². The van der Waals surface area contributed by atoms with Crippen LogP contribution in [0.5, 0.6) is 0 Å². The van der Waals surface area contributed by atoms with Crippen molar-refractivity contribution in [2.24, 2.45) is 0 Å². The summed E-state index contributed by atoms with van der Waals surface area (Å²) < 4.78 is 40.4. The molecule has 4 nitrogen and oxygen atoms in total. The highest BCUT2D eigenvalue weighted by Gasteiger charge is 2.27. The number of ether oxygens (including phenoxy) is 1. The minimum atomic E-state index is -4.50. The first-order valence-electron chi connectivity index (χ1n) is 6.18. The number of carbonyl (C=O) groups is 2. The topological polar surface area (TPSA) is 55.4 Å². The van der Waals surface area contributed by atoms with Crippen LogP contribution < -0.4 is 5.32 Å². The van der Waals surface area contributed by atoms with E-state index in [-0.39, 0.29) is 0 Å². The first-order valence-corrected chi connectivity index (χ1v) is 6.18. The number of alkyl halides is 3. The van der Waals surface area contributed by atoms with Crippen LogP contribution in [0.25, 0.3) is 0 Å². The lowest BCUT2D eigenvalue weighted by molar-refractivity contribution is -0.140. The zero-order chi connectivity index (χ0) is 16.2. The Kier molecular flexibility index (Phi) is 5.34. The van der Waals surface area contributed by atoms with Gasteiger partial charge in [0.1, 0.15) is 6.54 Å². The molecule has 1 aromatic rings. The predicted octanol–water partition coefficient (Wildman–Crippen LogP) is 2.45. The van der Waals surface area contributed by atoms with Crippen LogP contribution in [0.4, 0.5) is 13.2 Å². The summed E-state index contributed by atoms with van der Waals surface area (Å²) in [7, 11) is 0. The third kappa shape index (κ3) is 5.45. The summed E-state index contributed by atoms with van der Waals surface area (Å²) in [4.78, 5) is 23.0. The molecule has 0 unspecified atom stereocenters. The summed E-state index contributed by atoms with van der Waals surface area (Å²) in [6.45, 7) is 3.12. The third-order valence-electron chi connectivity index (χ3n) is 2.70. The van der Waals surface area contributed by atoms with E-state index in [1.165, 1.54) is 0 Å². The largest absolute Gasteiger partial charge is 0.452 e. The SMILES string of the molecule is Cc1cc(C)c(C(=O)OCC(=O)NCC(F)(F)F)c(C)c1. The van der Waals surface area contributed by atoms with Gasteiger partial charge in [-0.1, -0.05) is 17.7 Å². The maximum Gasteiger partial charge on any atom is 0.405 e. The number of rotatable bonds is 4. The molecular weight excluding hydrogens is 287 g/mol. The van der Waals surface area contributed by atoms with Crippen LogP contribution in [0.15, 0.2) is 12.1 Å². The number of amides is 1. The number of carbonyl (C=O) groups excluding carboxylic acids is 2. The Morgan fingerprint density at radius 1 is 1.14 bits per heavy atom. The van der Waals surface area contributed by atoms with Crippen LogP contribution in [-0.4, -0.2) is 31.2 Å². The average Bonchev–Trinajstić information content (AvgIpc) is 2.31. The fraction of sp³-hybridized carbons (Fsp3) is 0.429. The molecule has 0 radical (unpaired) electrons. The Balaban J connectivity index is 2.61. The van der Waals surface area contributed by atoms with Gasteiger partial charge in [-0.3, -0.25) is 4.79 Å². The first kappa shape index (κ1) is 17.0. The third-order valence-corrected chi connectivity index (χ3v) is 2.70. The van der Waals surface area contributed by atoms with Crippen LogP contribution in [-0.2, 0) is 9.53 Å². The number of aryl methyl sites for hydroxylation is 3. The Labute approximate surface area is 120 Å². The van der Waals surface area contributed by atoms with Gasteiger partial charge in [-0.05, 0) is 31.9 Å². The second kappa shape index (κ2) is 6.60. The van der Waals surface area contributed by atoms with E-state index in [0.29, 0.717) is 16.7 Å². The van der Waals surface area contributed by atoms with Crippen LogP contribution in [0, 0.1) is 20.8 Å². The van der Waals surface area contributed by atoms with Crippen molar-refractivity contribution in [3.63, 3.8) is 0 Å². The smallest absolute Gasteiger partial charge is 0.405 e. The van der Waals surface area contributed by atoms with Crippen molar-refractivity contribution >= 4 is 11.9 Å². The fourth-order valence-electron chi connectivity index (χ4n) is 1.96. The van der Waals surface area contributed by atoms with E-state index >= 15 is 0 Å². The average molecular weight is 303 g/mol. The second-order valence-electron chi connectivity index (χ2n) is 4.74. The van der Waals surface area contributed by atoms with E-state index in [1.807, 2.05) is 6.92 Å². The van der Waals surface area contributed by atoms with Gasteiger partial charge >= 0.3 is 12.1 Å². The molecule has 1 amide bonds. The van der Waals surface area contributed by atoms with Crippen LogP contribution >= 0.6 is 0 Å². The van der Waals surface area contributed by atoms with E-state index in [9.17, 15) is 22.8 Å². The highest BCUT2D eigenvalue weighted by Crippen LogP contribution is 2.17. The van der Waals surface area contributed by atoms with Gasteiger partial charge in [-0.25, -0.2) is 4.79 Å². The van der Waals surface area contributed by atoms with E-state index in [1.54, 1.807) is 31.3 Å². The van der Waals surface area contributed by atoms with Crippen LogP contribution in [0.2, 0.25) is 0 Å². The summed E-state index contributed by atoms with van der Waals surface area (Å²) in [5.41, 5.74) is 2.68. The monoisotopic (exact) mass is 303 g/mol. The zero-order valence-electron chi connectivity index (χ0n) is 11.9. The van der Waals surface area contributed by atoms with Crippen molar-refractivity contribution in [3.05, 3.63) is 34.4 Å². The molecule has 0 fully saturated rings. The number of halogens is 3. The quantitative estimate of drug-likeness (QED) is 0.869. The zero-order valence-corrected chi connectivity index (χ0v) is 11.9. The molecule has 0 heterocycles. The molecule has 0 spiro atoms. The highest BCUT2D eigenvalue weighted by atomic mass is 19.4. The second-order valence-corrected chi connectivity index (χ2v) is 4.74. The Morgan fingerprint density at radius 2 is 1.67 bits per heavy atom. The van der Waals surface area contributed by atoms with Crippen molar-refractivity contribution in [3.8, 4) is 0 Å². The summed E-state index contributed by atoms with van der Waals surface area (Å²) in [5.74, 6) is -1.73. The van der Waals surface area contributed by atoms with Crippen LogP contribution in [0.3, 0.4) is 0 Å². The van der Waals surface area contributed by atoms with Gasteiger partial charge in [-0.2, -0.15) is 13.2 Å². The van der Waals surface area contributed by atoms with Crippen LogP contribution in [0.1, 0.15) is 27.0 Å². The lowest BCUT2D eigenvalue weighted by Crippen LogP contribution is -2.36. The van der Waals surface area contributed by atoms with Crippen molar-refractivity contribution < 1.29 is 27.5 Å². The van der Waals surface area contributed by atoms with Gasteiger partial charge in [0.05, 0.1) is 5.56 Å². The van der Waals surface area contributed by atoms with Gasteiger partial charge < -0.3 is 10.1 Å². The molecule has 0 aromatic heterocycles. The normalized spacial score (nSPS) is 11.1. The molecule has 1 rings (SSSR count). The minimum Gasteiger partial charge on any atom is -0.452 e. The molecule has 0 aliphatic carbocycles. The summed E-state index contributed by atoms with van der Waals surface area (Å²) in [6.07, 6.45) is -4.50. The van der Waals surface area contributed by atoms with Gasteiger partial charge in [0, 0.05) is 0 Å². The molecule has 0 saturated carbocycles. The number of benzene rings is 1. The van der Waals surface area contributed by atoms with Gasteiger partial charge in [0.2, 0.25) is 0 Å². The minimum absolute atomic E-state index is 0.323. The molecular formula is C14H16F3NO3.